The topological polar surface area (TPSA) is 9.23 Å². The minimum atomic E-state index is 0.260. The summed E-state index contributed by atoms with van der Waals surface area (Å²) in [5, 5.41) is 2.58. The van der Waals surface area contributed by atoms with Crippen LogP contribution in [-0.2, 0) is 11.3 Å². The van der Waals surface area contributed by atoms with Crippen molar-refractivity contribution in [1.29, 1.82) is 0 Å². The highest BCUT2D eigenvalue weighted by Gasteiger charge is 2.31. The second kappa shape index (κ2) is 5.89. The Morgan fingerprint density at radius 3 is 2.50 bits per heavy atom. The molecule has 0 unspecified atom stereocenters. The number of hydrogen-bond acceptors (Lipinski definition) is 1. The van der Waals surface area contributed by atoms with Crippen LogP contribution in [0.5, 0.6) is 0 Å². The second-order valence-electron chi connectivity index (χ2n) is 7.31. The molecule has 0 amide bonds. The van der Waals surface area contributed by atoms with Gasteiger partial charge in [0.25, 0.3) is 0 Å². The molecule has 1 aliphatic rings. The molecule has 0 aliphatic heterocycles. The number of allylic oxidation sites excluding steroid dienone is 1. The van der Waals surface area contributed by atoms with E-state index in [1.54, 1.807) is 0 Å². The van der Waals surface area contributed by atoms with Crippen molar-refractivity contribution in [2.75, 3.05) is 0 Å². The van der Waals surface area contributed by atoms with Gasteiger partial charge in [0.05, 0.1) is 12.7 Å². The number of hydrogen-bond donors (Lipinski definition) is 0. The van der Waals surface area contributed by atoms with Gasteiger partial charge in [-0.2, -0.15) is 0 Å². The Hall–Kier alpha value is -1.60. The summed E-state index contributed by atoms with van der Waals surface area (Å²) in [5.41, 5.74) is 4.56. The fourth-order valence-electron chi connectivity index (χ4n) is 3.53. The third-order valence-corrected chi connectivity index (χ3v) is 5.23. The van der Waals surface area contributed by atoms with Crippen LogP contribution in [0, 0.1) is 5.41 Å². The highest BCUT2D eigenvalue weighted by Crippen LogP contribution is 2.41. The average Bonchev–Trinajstić information content (AvgIpc) is 2.50. The maximum Gasteiger partial charge on any atom is 0.0721 e. The lowest BCUT2D eigenvalue weighted by Gasteiger charge is -2.37. The third-order valence-electron chi connectivity index (χ3n) is 5.23. The molecule has 0 radical (unpaired) electrons. The minimum absolute atomic E-state index is 0.260. The quantitative estimate of drug-likeness (QED) is 0.642. The first-order valence-corrected chi connectivity index (χ1v) is 8.22. The first kappa shape index (κ1) is 15.3. The van der Waals surface area contributed by atoms with E-state index < -0.39 is 0 Å². The summed E-state index contributed by atoms with van der Waals surface area (Å²) in [4.78, 5) is 0. The van der Waals surface area contributed by atoms with Gasteiger partial charge in [-0.3, -0.25) is 0 Å². The van der Waals surface area contributed by atoms with E-state index in [9.17, 15) is 0 Å². The van der Waals surface area contributed by atoms with Gasteiger partial charge in [-0.1, -0.05) is 61.4 Å². The largest absolute Gasteiger partial charge is 0.373 e. The molecule has 1 nitrogen and oxygen atoms in total. The van der Waals surface area contributed by atoms with E-state index in [0.717, 1.165) is 12.8 Å². The SMILES string of the molecule is CC1=C(C)C(C)(C)C[C@@H](OCc2ccc3ccccc3c2)C1. The summed E-state index contributed by atoms with van der Waals surface area (Å²) in [6, 6.07) is 15.1. The lowest BCUT2D eigenvalue weighted by Crippen LogP contribution is -2.29. The van der Waals surface area contributed by atoms with Gasteiger partial charge in [0.15, 0.2) is 0 Å². The Morgan fingerprint density at radius 2 is 1.77 bits per heavy atom. The molecule has 22 heavy (non-hydrogen) atoms. The zero-order chi connectivity index (χ0) is 15.7. The second-order valence-corrected chi connectivity index (χ2v) is 7.31. The van der Waals surface area contributed by atoms with Crippen molar-refractivity contribution >= 4 is 10.8 Å². The number of benzene rings is 2. The van der Waals surface area contributed by atoms with E-state index in [1.165, 1.54) is 27.5 Å². The van der Waals surface area contributed by atoms with E-state index >= 15 is 0 Å². The molecule has 1 heteroatoms. The molecule has 0 spiro atoms. The highest BCUT2D eigenvalue weighted by molar-refractivity contribution is 5.82. The van der Waals surface area contributed by atoms with Crippen LogP contribution in [0.4, 0.5) is 0 Å². The summed E-state index contributed by atoms with van der Waals surface area (Å²) in [6.07, 6.45) is 2.53. The molecule has 116 valence electrons. The van der Waals surface area contributed by atoms with Gasteiger partial charge in [-0.25, -0.2) is 0 Å². The fraction of sp³-hybridized carbons (Fsp3) is 0.429. The average molecular weight is 294 g/mol. The molecule has 0 saturated heterocycles. The smallest absolute Gasteiger partial charge is 0.0721 e. The molecule has 0 saturated carbocycles. The number of rotatable bonds is 3. The number of fused-ring (bicyclic) bond motifs is 1. The molecule has 0 heterocycles. The third kappa shape index (κ3) is 3.10. The van der Waals surface area contributed by atoms with Gasteiger partial charge in [-0.05, 0) is 54.5 Å². The molecule has 1 aliphatic carbocycles. The normalized spacial score (nSPS) is 21.4. The Morgan fingerprint density at radius 1 is 1.05 bits per heavy atom. The van der Waals surface area contributed by atoms with Crippen LogP contribution in [0.1, 0.15) is 46.1 Å². The highest BCUT2D eigenvalue weighted by atomic mass is 16.5. The van der Waals surface area contributed by atoms with Crippen molar-refractivity contribution in [3.63, 3.8) is 0 Å². The molecule has 0 bridgehead atoms. The fourth-order valence-corrected chi connectivity index (χ4v) is 3.53. The molecule has 2 aromatic carbocycles. The van der Waals surface area contributed by atoms with Gasteiger partial charge in [0.1, 0.15) is 0 Å². The van der Waals surface area contributed by atoms with E-state index in [1.807, 2.05) is 0 Å². The molecular formula is C21H26O. The predicted octanol–water partition coefficient (Wildman–Crippen LogP) is 5.88. The maximum atomic E-state index is 6.24. The lowest BCUT2D eigenvalue weighted by atomic mass is 9.72. The first-order valence-electron chi connectivity index (χ1n) is 8.22. The summed E-state index contributed by atoms with van der Waals surface area (Å²) < 4.78 is 6.24. The van der Waals surface area contributed by atoms with E-state index in [0.29, 0.717) is 12.7 Å². The molecular weight excluding hydrogens is 268 g/mol. The van der Waals surface area contributed by atoms with Gasteiger partial charge < -0.3 is 4.74 Å². The predicted molar refractivity (Wildman–Crippen MR) is 93.9 cm³/mol. The first-order chi connectivity index (χ1) is 10.5. The van der Waals surface area contributed by atoms with Crippen molar-refractivity contribution in [1.82, 2.24) is 0 Å². The molecule has 2 aromatic rings. The van der Waals surface area contributed by atoms with Crippen LogP contribution in [0.2, 0.25) is 0 Å². The van der Waals surface area contributed by atoms with Crippen molar-refractivity contribution in [3.05, 3.63) is 59.2 Å². The number of ether oxygens (including phenoxy) is 1. The molecule has 3 rings (SSSR count). The van der Waals surface area contributed by atoms with Crippen molar-refractivity contribution in [2.45, 2.75) is 53.2 Å². The molecule has 0 aromatic heterocycles. The standard InChI is InChI=1S/C21H26O/c1-15-11-20(13-21(3,4)16(15)2)22-14-17-9-10-18-7-5-6-8-19(18)12-17/h5-10,12,20H,11,13-14H2,1-4H3/t20-/m0/s1. The van der Waals surface area contributed by atoms with Crippen molar-refractivity contribution in [3.8, 4) is 0 Å². The molecule has 1 atom stereocenters. The monoisotopic (exact) mass is 294 g/mol. The van der Waals surface area contributed by atoms with E-state index in [2.05, 4.69) is 70.2 Å². The van der Waals surface area contributed by atoms with Crippen molar-refractivity contribution in [2.24, 2.45) is 5.41 Å². The van der Waals surface area contributed by atoms with Crippen LogP contribution in [0.25, 0.3) is 10.8 Å². The zero-order valence-electron chi connectivity index (χ0n) is 14.1. The maximum absolute atomic E-state index is 6.24. The van der Waals surface area contributed by atoms with Crippen LogP contribution < -0.4 is 0 Å². The Balaban J connectivity index is 1.69. The van der Waals surface area contributed by atoms with Crippen LogP contribution >= 0.6 is 0 Å². The van der Waals surface area contributed by atoms with Crippen LogP contribution in [-0.4, -0.2) is 6.10 Å². The van der Waals surface area contributed by atoms with Crippen molar-refractivity contribution < 1.29 is 4.74 Å². The van der Waals surface area contributed by atoms with Gasteiger partial charge >= 0.3 is 0 Å². The van der Waals surface area contributed by atoms with Gasteiger partial charge in [0, 0.05) is 0 Å². The van der Waals surface area contributed by atoms with Crippen LogP contribution in [0.15, 0.2) is 53.6 Å². The Bertz CT molecular complexity index is 709. The van der Waals surface area contributed by atoms with Gasteiger partial charge in [0.2, 0.25) is 0 Å². The summed E-state index contributed by atoms with van der Waals surface area (Å²) in [6.45, 7) is 9.89. The Labute approximate surface area is 134 Å². The summed E-state index contributed by atoms with van der Waals surface area (Å²) >= 11 is 0. The van der Waals surface area contributed by atoms with E-state index in [4.69, 9.17) is 4.74 Å². The Kier molecular flexibility index (Phi) is 4.10. The summed E-state index contributed by atoms with van der Waals surface area (Å²) in [5.74, 6) is 0. The zero-order valence-corrected chi connectivity index (χ0v) is 14.1. The van der Waals surface area contributed by atoms with Crippen LogP contribution in [0.3, 0.4) is 0 Å². The lowest BCUT2D eigenvalue weighted by molar-refractivity contribution is 0.0109. The minimum Gasteiger partial charge on any atom is -0.373 e. The summed E-state index contributed by atoms with van der Waals surface area (Å²) in [7, 11) is 0. The van der Waals surface area contributed by atoms with Gasteiger partial charge in [-0.15, -0.1) is 0 Å². The van der Waals surface area contributed by atoms with E-state index in [-0.39, 0.29) is 5.41 Å². The molecule has 0 fully saturated rings. The molecule has 0 N–H and O–H groups in total.